The molecular weight excluding hydrogens is 729 g/mol. The SMILES string of the molecule is CCOc1ccc2c(c1)CCc1c(CC(CCCN)C(=O)O)ncn1-2.CCOc1ccc2c(c1)CCc1c(CC(CCCNC(=O)OC(C)(C)C)C(=O)O)ncn1-2. The van der Waals surface area contributed by atoms with Crippen LogP contribution in [0.1, 0.15) is 94.2 Å². The highest BCUT2D eigenvalue weighted by molar-refractivity contribution is 5.71. The van der Waals surface area contributed by atoms with Gasteiger partial charge < -0.3 is 44.6 Å². The quantitative estimate of drug-likeness (QED) is 0.0882. The van der Waals surface area contributed by atoms with Gasteiger partial charge in [0.05, 0.1) is 60.5 Å². The number of aromatic nitrogens is 4. The molecule has 14 heteroatoms. The van der Waals surface area contributed by atoms with Crippen LogP contribution in [0.2, 0.25) is 0 Å². The van der Waals surface area contributed by atoms with Crippen LogP contribution < -0.4 is 20.5 Å². The number of benzene rings is 2. The van der Waals surface area contributed by atoms with Crippen molar-refractivity contribution in [1.29, 1.82) is 0 Å². The van der Waals surface area contributed by atoms with E-state index in [1.165, 1.54) is 11.1 Å². The number of aryl methyl sites for hydroxylation is 2. The zero-order valence-corrected chi connectivity index (χ0v) is 33.9. The van der Waals surface area contributed by atoms with E-state index in [1.54, 1.807) is 27.1 Å². The highest BCUT2D eigenvalue weighted by Gasteiger charge is 2.27. The van der Waals surface area contributed by atoms with Crippen molar-refractivity contribution in [2.45, 2.75) is 104 Å². The lowest BCUT2D eigenvalue weighted by molar-refractivity contribution is -0.143. The van der Waals surface area contributed by atoms with Crippen molar-refractivity contribution in [1.82, 2.24) is 24.4 Å². The molecular formula is C43H58N6O8. The Morgan fingerprint density at radius 1 is 0.772 bits per heavy atom. The average molecular weight is 787 g/mol. The molecule has 2 unspecified atom stereocenters. The van der Waals surface area contributed by atoms with Gasteiger partial charge in [0.2, 0.25) is 0 Å². The monoisotopic (exact) mass is 786 g/mol. The van der Waals surface area contributed by atoms with Crippen LogP contribution in [0.5, 0.6) is 11.5 Å². The highest BCUT2D eigenvalue weighted by atomic mass is 16.6. The van der Waals surface area contributed by atoms with E-state index in [0.29, 0.717) is 58.4 Å². The zero-order valence-electron chi connectivity index (χ0n) is 33.9. The summed E-state index contributed by atoms with van der Waals surface area (Å²) in [6, 6.07) is 12.2. The number of nitrogens with two attached hydrogens (primary N) is 1. The number of carbonyl (C=O) groups excluding carboxylic acids is 1. The van der Waals surface area contributed by atoms with Gasteiger partial charge in [0.1, 0.15) is 17.1 Å². The molecule has 0 radical (unpaired) electrons. The lowest BCUT2D eigenvalue weighted by Crippen LogP contribution is -2.33. The molecule has 2 atom stereocenters. The molecule has 57 heavy (non-hydrogen) atoms. The Labute approximate surface area is 334 Å². The first-order valence-corrected chi connectivity index (χ1v) is 20.1. The van der Waals surface area contributed by atoms with E-state index in [1.807, 2.05) is 38.4 Å². The average Bonchev–Trinajstić information content (AvgIpc) is 3.78. The van der Waals surface area contributed by atoms with Gasteiger partial charge in [0, 0.05) is 30.8 Å². The second-order valence-corrected chi connectivity index (χ2v) is 15.4. The van der Waals surface area contributed by atoms with Crippen molar-refractivity contribution in [3.05, 3.63) is 83.0 Å². The predicted octanol–water partition coefficient (Wildman–Crippen LogP) is 6.27. The Balaban J connectivity index is 0.000000224. The number of rotatable bonds is 17. The van der Waals surface area contributed by atoms with Crippen LogP contribution in [0.3, 0.4) is 0 Å². The molecule has 0 aliphatic carbocycles. The summed E-state index contributed by atoms with van der Waals surface area (Å²) < 4.78 is 20.5. The summed E-state index contributed by atoms with van der Waals surface area (Å²) >= 11 is 0. The predicted molar refractivity (Wildman–Crippen MR) is 216 cm³/mol. The second-order valence-electron chi connectivity index (χ2n) is 15.4. The van der Waals surface area contributed by atoms with Crippen LogP contribution in [0.15, 0.2) is 49.1 Å². The third kappa shape index (κ3) is 11.4. The maximum atomic E-state index is 11.8. The number of amides is 1. The third-order valence-electron chi connectivity index (χ3n) is 10.1. The number of nitrogens with one attached hydrogen (secondary N) is 1. The molecule has 4 aromatic rings. The summed E-state index contributed by atoms with van der Waals surface area (Å²) in [5, 5.41) is 21.9. The fourth-order valence-corrected chi connectivity index (χ4v) is 7.43. The second kappa shape index (κ2) is 19.7. The van der Waals surface area contributed by atoms with Gasteiger partial charge in [-0.25, -0.2) is 14.8 Å². The van der Waals surface area contributed by atoms with E-state index < -0.39 is 35.5 Å². The minimum atomic E-state index is -0.846. The van der Waals surface area contributed by atoms with Gasteiger partial charge in [-0.05, 0) is 140 Å². The minimum absolute atomic E-state index is 0.371. The first kappa shape index (κ1) is 42.8. The number of ether oxygens (including phenoxy) is 3. The number of alkyl carbamates (subject to hydrolysis) is 1. The van der Waals surface area contributed by atoms with Crippen LogP contribution in [0.25, 0.3) is 11.4 Å². The number of carboxylic acid groups (broad SMARTS) is 2. The van der Waals surface area contributed by atoms with Crippen molar-refractivity contribution < 1.29 is 38.8 Å². The van der Waals surface area contributed by atoms with Crippen molar-refractivity contribution in [3.8, 4) is 22.9 Å². The molecule has 0 saturated heterocycles. The molecule has 0 fully saturated rings. The number of aliphatic carboxylic acids is 2. The molecule has 0 saturated carbocycles. The summed E-state index contributed by atoms with van der Waals surface area (Å²) in [6.07, 6.45) is 9.70. The Morgan fingerprint density at radius 3 is 1.67 bits per heavy atom. The van der Waals surface area contributed by atoms with E-state index >= 15 is 0 Å². The van der Waals surface area contributed by atoms with Crippen LogP contribution in [0.4, 0.5) is 4.79 Å². The van der Waals surface area contributed by atoms with Crippen LogP contribution >= 0.6 is 0 Å². The van der Waals surface area contributed by atoms with Gasteiger partial charge in [-0.15, -0.1) is 0 Å². The number of fused-ring (bicyclic) bond motifs is 6. The summed E-state index contributed by atoms with van der Waals surface area (Å²) in [4.78, 5) is 44.2. The van der Waals surface area contributed by atoms with E-state index in [9.17, 15) is 24.6 Å². The molecule has 2 aliphatic rings. The fraction of sp³-hybridized carbons (Fsp3) is 0.512. The van der Waals surface area contributed by atoms with Gasteiger partial charge >= 0.3 is 18.0 Å². The number of hydrogen-bond donors (Lipinski definition) is 4. The number of nitrogens with zero attached hydrogens (tertiary/aromatic N) is 4. The summed E-state index contributed by atoms with van der Waals surface area (Å²) in [7, 11) is 0. The molecule has 1 amide bonds. The molecule has 2 aromatic carbocycles. The first-order chi connectivity index (χ1) is 27.3. The normalized spacial score (nSPS) is 13.7. The van der Waals surface area contributed by atoms with E-state index in [2.05, 4.69) is 42.6 Å². The van der Waals surface area contributed by atoms with E-state index in [-0.39, 0.29) is 0 Å². The molecule has 2 aliphatic heterocycles. The smallest absolute Gasteiger partial charge is 0.407 e. The molecule has 6 rings (SSSR count). The van der Waals surface area contributed by atoms with Gasteiger partial charge in [-0.3, -0.25) is 9.59 Å². The topological polar surface area (TPSA) is 193 Å². The molecule has 14 nitrogen and oxygen atoms in total. The Kier molecular flexibility index (Phi) is 14.8. The van der Waals surface area contributed by atoms with Crippen molar-refractivity contribution in [2.24, 2.45) is 17.6 Å². The van der Waals surface area contributed by atoms with Crippen LogP contribution in [-0.4, -0.2) is 79.3 Å². The highest BCUT2D eigenvalue weighted by Crippen LogP contribution is 2.32. The maximum absolute atomic E-state index is 11.8. The Bertz CT molecular complexity index is 2000. The molecule has 308 valence electrons. The Hall–Kier alpha value is -5.37. The summed E-state index contributed by atoms with van der Waals surface area (Å²) in [6.45, 7) is 11.5. The van der Waals surface area contributed by atoms with Crippen molar-refractivity contribution in [3.63, 3.8) is 0 Å². The van der Waals surface area contributed by atoms with Crippen LogP contribution in [-0.2, 0) is 52.9 Å². The van der Waals surface area contributed by atoms with Crippen molar-refractivity contribution >= 4 is 18.0 Å². The minimum Gasteiger partial charge on any atom is -0.494 e. The number of carboxylic acids is 2. The molecule has 2 aromatic heterocycles. The fourth-order valence-electron chi connectivity index (χ4n) is 7.43. The van der Waals surface area contributed by atoms with Gasteiger partial charge in [-0.1, -0.05) is 0 Å². The number of carbonyl (C=O) groups is 3. The van der Waals surface area contributed by atoms with Gasteiger partial charge in [0.15, 0.2) is 0 Å². The van der Waals surface area contributed by atoms with E-state index in [0.717, 1.165) is 77.8 Å². The third-order valence-corrected chi connectivity index (χ3v) is 10.1. The lowest BCUT2D eigenvalue weighted by Gasteiger charge is -2.21. The van der Waals surface area contributed by atoms with Gasteiger partial charge in [-0.2, -0.15) is 0 Å². The van der Waals surface area contributed by atoms with Crippen molar-refractivity contribution in [2.75, 3.05) is 26.3 Å². The molecule has 5 N–H and O–H groups in total. The van der Waals surface area contributed by atoms with E-state index in [4.69, 9.17) is 19.9 Å². The standard InChI is InChI=1S/C24H33N3O5.C19H25N3O3/c1-5-31-18-9-11-20-16(13-18)8-10-21-19(26-15-27(20)21)14-17(22(28)29)7-6-12-25-23(30)32-24(2,3)4;1-2-25-15-6-8-17-13(10-15)5-7-18-16(21-12-22(17)18)11-14(19(23)24)4-3-9-20/h9,11,13,15,17H,5-8,10,12,14H2,1-4H3,(H,25,30)(H,28,29);6,8,10,12,14H,2-5,7,9,11,20H2,1H3,(H,23,24). The lowest BCUT2D eigenvalue weighted by atomic mass is 9.94. The largest absolute Gasteiger partial charge is 0.494 e. The Morgan fingerprint density at radius 2 is 1.25 bits per heavy atom. The molecule has 4 heterocycles. The summed E-state index contributed by atoms with van der Waals surface area (Å²) in [5.74, 6) is -0.852. The van der Waals surface area contributed by atoms with Crippen LogP contribution in [0, 0.1) is 11.8 Å². The number of hydrogen-bond acceptors (Lipinski definition) is 9. The van der Waals surface area contributed by atoms with Gasteiger partial charge in [0.25, 0.3) is 0 Å². The molecule has 0 spiro atoms. The maximum Gasteiger partial charge on any atom is 0.407 e. The molecule has 0 bridgehead atoms. The zero-order chi connectivity index (χ0) is 41.1. The first-order valence-electron chi connectivity index (χ1n) is 20.1. The number of imidazole rings is 2. The summed E-state index contributed by atoms with van der Waals surface area (Å²) in [5.41, 5.74) is 13.5.